The van der Waals surface area contributed by atoms with Crippen LogP contribution in [0.15, 0.2) is 53.0 Å². The van der Waals surface area contributed by atoms with E-state index in [1.165, 1.54) is 0 Å². The van der Waals surface area contributed by atoms with Gasteiger partial charge in [0.1, 0.15) is 5.69 Å². The monoisotopic (exact) mass is 460 g/mol. The number of nitrogens with zero attached hydrogens (tertiary/aromatic N) is 2. The second-order valence-corrected chi connectivity index (χ2v) is 7.98. The zero-order valence-corrected chi connectivity index (χ0v) is 17.3. The summed E-state index contributed by atoms with van der Waals surface area (Å²) in [5.41, 5.74) is 2.15. The fourth-order valence-electron chi connectivity index (χ4n) is 3.24. The van der Waals surface area contributed by atoms with Crippen LogP contribution >= 0.6 is 27.5 Å². The van der Waals surface area contributed by atoms with Crippen LogP contribution in [0.25, 0.3) is 10.9 Å². The number of halogens is 2. The molecular weight excluding hydrogens is 444 g/mol. The molecule has 1 fully saturated rings. The van der Waals surface area contributed by atoms with Crippen molar-refractivity contribution in [3.8, 4) is 0 Å². The summed E-state index contributed by atoms with van der Waals surface area (Å²) in [6.07, 6.45) is 0. The average Bonchev–Trinajstić information content (AvgIpc) is 3.12. The standard InChI is InChI=1S/C20H18BrClN4O2/c21-14-1-4-16(5-2-14)23-20(28)26-9-7-25(8-10-26)19(27)18-12-13-11-15(22)3-6-17(13)24-18/h1-6,11-12,24H,7-10H2,(H,23,28). The molecule has 2 N–H and O–H groups in total. The van der Waals surface area contributed by atoms with Crippen molar-refractivity contribution in [2.75, 3.05) is 31.5 Å². The van der Waals surface area contributed by atoms with Crippen LogP contribution in [0.4, 0.5) is 10.5 Å². The van der Waals surface area contributed by atoms with Gasteiger partial charge in [-0.05, 0) is 48.5 Å². The number of aromatic amines is 1. The van der Waals surface area contributed by atoms with Gasteiger partial charge in [0, 0.05) is 52.3 Å². The number of hydrogen-bond acceptors (Lipinski definition) is 2. The molecular formula is C20H18BrClN4O2. The smallest absolute Gasteiger partial charge is 0.321 e. The van der Waals surface area contributed by atoms with Crippen molar-refractivity contribution in [1.29, 1.82) is 0 Å². The number of anilines is 1. The van der Waals surface area contributed by atoms with Gasteiger partial charge in [-0.3, -0.25) is 4.79 Å². The lowest BCUT2D eigenvalue weighted by atomic mass is 10.2. The van der Waals surface area contributed by atoms with E-state index in [1.54, 1.807) is 15.9 Å². The molecule has 0 saturated carbocycles. The zero-order chi connectivity index (χ0) is 19.7. The molecule has 28 heavy (non-hydrogen) atoms. The number of H-pyrrole nitrogens is 1. The lowest BCUT2D eigenvalue weighted by molar-refractivity contribution is 0.0667. The van der Waals surface area contributed by atoms with E-state index < -0.39 is 0 Å². The molecule has 4 rings (SSSR count). The number of piperazine rings is 1. The van der Waals surface area contributed by atoms with E-state index in [1.807, 2.05) is 42.5 Å². The Bertz CT molecular complexity index is 1030. The van der Waals surface area contributed by atoms with Gasteiger partial charge in [-0.25, -0.2) is 4.79 Å². The number of carbonyl (C=O) groups is 2. The van der Waals surface area contributed by atoms with Crippen molar-refractivity contribution in [2.24, 2.45) is 0 Å². The molecule has 0 atom stereocenters. The Hall–Kier alpha value is -2.51. The molecule has 0 spiro atoms. The van der Waals surface area contributed by atoms with E-state index in [9.17, 15) is 9.59 Å². The highest BCUT2D eigenvalue weighted by Crippen LogP contribution is 2.21. The largest absolute Gasteiger partial charge is 0.351 e. The molecule has 0 radical (unpaired) electrons. The van der Waals surface area contributed by atoms with E-state index in [0.717, 1.165) is 21.1 Å². The van der Waals surface area contributed by atoms with E-state index >= 15 is 0 Å². The molecule has 0 unspecified atom stereocenters. The Morgan fingerprint density at radius 3 is 2.36 bits per heavy atom. The number of fused-ring (bicyclic) bond motifs is 1. The molecule has 3 amide bonds. The van der Waals surface area contributed by atoms with Crippen LogP contribution in [-0.4, -0.2) is 52.9 Å². The second-order valence-electron chi connectivity index (χ2n) is 6.63. The van der Waals surface area contributed by atoms with Crippen LogP contribution in [0.3, 0.4) is 0 Å². The van der Waals surface area contributed by atoms with Crippen LogP contribution in [0.5, 0.6) is 0 Å². The lowest BCUT2D eigenvalue weighted by Gasteiger charge is -2.34. The highest BCUT2D eigenvalue weighted by molar-refractivity contribution is 9.10. The van der Waals surface area contributed by atoms with Gasteiger partial charge < -0.3 is 20.1 Å². The molecule has 1 saturated heterocycles. The third-order valence-corrected chi connectivity index (χ3v) is 5.53. The van der Waals surface area contributed by atoms with Gasteiger partial charge in [0.2, 0.25) is 0 Å². The lowest BCUT2D eigenvalue weighted by Crippen LogP contribution is -2.51. The van der Waals surface area contributed by atoms with E-state index in [0.29, 0.717) is 36.9 Å². The molecule has 8 heteroatoms. The summed E-state index contributed by atoms with van der Waals surface area (Å²) in [7, 11) is 0. The summed E-state index contributed by atoms with van der Waals surface area (Å²) in [5, 5.41) is 4.42. The normalized spacial score (nSPS) is 14.4. The minimum absolute atomic E-state index is 0.0692. The Morgan fingerprint density at radius 2 is 1.64 bits per heavy atom. The van der Waals surface area contributed by atoms with Crippen molar-refractivity contribution in [3.63, 3.8) is 0 Å². The predicted octanol–water partition coefficient (Wildman–Crippen LogP) is 4.57. The summed E-state index contributed by atoms with van der Waals surface area (Å²) in [5.74, 6) is -0.0692. The number of rotatable bonds is 2. The Labute approximate surface area is 175 Å². The van der Waals surface area contributed by atoms with Crippen molar-refractivity contribution >= 4 is 56.1 Å². The summed E-state index contributed by atoms with van der Waals surface area (Å²) >= 11 is 9.39. The Morgan fingerprint density at radius 1 is 0.964 bits per heavy atom. The first-order valence-corrected chi connectivity index (χ1v) is 10.1. The summed E-state index contributed by atoms with van der Waals surface area (Å²) in [4.78, 5) is 31.8. The molecule has 1 aliphatic rings. The van der Waals surface area contributed by atoms with Gasteiger partial charge in [0.25, 0.3) is 5.91 Å². The molecule has 0 bridgehead atoms. The third kappa shape index (κ3) is 4.00. The van der Waals surface area contributed by atoms with Crippen LogP contribution in [0, 0.1) is 0 Å². The van der Waals surface area contributed by atoms with E-state index in [4.69, 9.17) is 11.6 Å². The van der Waals surface area contributed by atoms with Gasteiger partial charge in [-0.1, -0.05) is 27.5 Å². The number of hydrogen-bond donors (Lipinski definition) is 2. The van der Waals surface area contributed by atoms with Crippen LogP contribution in [-0.2, 0) is 0 Å². The summed E-state index contributed by atoms with van der Waals surface area (Å²) in [6, 6.07) is 14.6. The minimum Gasteiger partial charge on any atom is -0.351 e. The van der Waals surface area contributed by atoms with Crippen molar-refractivity contribution in [2.45, 2.75) is 0 Å². The number of amides is 3. The first-order chi connectivity index (χ1) is 13.5. The first kappa shape index (κ1) is 18.8. The maximum Gasteiger partial charge on any atom is 0.321 e. The molecule has 2 heterocycles. The molecule has 2 aromatic carbocycles. The molecule has 1 aliphatic heterocycles. The highest BCUT2D eigenvalue weighted by atomic mass is 79.9. The van der Waals surface area contributed by atoms with Gasteiger partial charge >= 0.3 is 6.03 Å². The second kappa shape index (κ2) is 7.85. The number of carbonyl (C=O) groups excluding carboxylic acids is 2. The zero-order valence-electron chi connectivity index (χ0n) is 14.9. The SMILES string of the molecule is O=C(Nc1ccc(Br)cc1)N1CCN(C(=O)c2cc3cc(Cl)ccc3[nH]2)CC1. The number of benzene rings is 2. The molecule has 1 aromatic heterocycles. The summed E-state index contributed by atoms with van der Waals surface area (Å²) < 4.78 is 0.955. The molecule has 144 valence electrons. The van der Waals surface area contributed by atoms with Crippen LogP contribution in [0.2, 0.25) is 5.02 Å². The maximum absolute atomic E-state index is 12.8. The van der Waals surface area contributed by atoms with Crippen molar-refractivity contribution < 1.29 is 9.59 Å². The van der Waals surface area contributed by atoms with Gasteiger partial charge in [-0.2, -0.15) is 0 Å². The topological polar surface area (TPSA) is 68.4 Å². The van der Waals surface area contributed by atoms with Gasteiger partial charge in [0.15, 0.2) is 0 Å². The summed E-state index contributed by atoms with van der Waals surface area (Å²) in [6.45, 7) is 1.95. The highest BCUT2D eigenvalue weighted by Gasteiger charge is 2.25. The van der Waals surface area contributed by atoms with Crippen molar-refractivity contribution in [1.82, 2.24) is 14.8 Å². The molecule has 3 aromatic rings. The molecule has 6 nitrogen and oxygen atoms in total. The van der Waals surface area contributed by atoms with E-state index in [-0.39, 0.29) is 11.9 Å². The molecule has 0 aliphatic carbocycles. The number of aromatic nitrogens is 1. The fourth-order valence-corrected chi connectivity index (χ4v) is 3.68. The first-order valence-electron chi connectivity index (χ1n) is 8.89. The van der Waals surface area contributed by atoms with Crippen LogP contribution < -0.4 is 5.32 Å². The third-order valence-electron chi connectivity index (χ3n) is 4.76. The van der Waals surface area contributed by atoms with Gasteiger partial charge in [-0.15, -0.1) is 0 Å². The quantitative estimate of drug-likeness (QED) is 0.587. The fraction of sp³-hybridized carbons (Fsp3) is 0.200. The number of urea groups is 1. The maximum atomic E-state index is 12.8. The van der Waals surface area contributed by atoms with E-state index in [2.05, 4.69) is 26.2 Å². The van der Waals surface area contributed by atoms with Crippen molar-refractivity contribution in [3.05, 3.63) is 63.7 Å². The van der Waals surface area contributed by atoms with Gasteiger partial charge in [0.05, 0.1) is 0 Å². The predicted molar refractivity (Wildman–Crippen MR) is 114 cm³/mol. The Kier molecular flexibility index (Phi) is 5.28. The average molecular weight is 462 g/mol. The Balaban J connectivity index is 1.36. The minimum atomic E-state index is -0.158. The van der Waals surface area contributed by atoms with Crippen LogP contribution in [0.1, 0.15) is 10.5 Å². The number of nitrogens with one attached hydrogen (secondary N) is 2.